The summed E-state index contributed by atoms with van der Waals surface area (Å²) < 4.78 is 66.6. The van der Waals surface area contributed by atoms with Gasteiger partial charge in [0.15, 0.2) is 23.3 Å². The summed E-state index contributed by atoms with van der Waals surface area (Å²) in [5.74, 6) is -6.73. The zero-order valence-electron chi connectivity index (χ0n) is 10.4. The Morgan fingerprint density at radius 1 is 0.850 bits per heavy atom. The molecule has 106 valence electrons. The van der Waals surface area contributed by atoms with Crippen LogP contribution in [0.25, 0.3) is 0 Å². The summed E-state index contributed by atoms with van der Waals surface area (Å²) in [5.41, 5.74) is -0.839. The highest BCUT2D eigenvalue weighted by atomic mass is 19.2. The summed E-state index contributed by atoms with van der Waals surface area (Å²) >= 11 is 0. The molecule has 0 radical (unpaired) electrons. The molecule has 0 saturated carbocycles. The molecule has 0 spiro atoms. The van der Waals surface area contributed by atoms with Crippen molar-refractivity contribution in [2.75, 3.05) is 5.32 Å². The average Bonchev–Trinajstić information content (AvgIpc) is 2.41. The summed E-state index contributed by atoms with van der Waals surface area (Å²) in [6.07, 6.45) is 0. The van der Waals surface area contributed by atoms with Crippen LogP contribution >= 0.6 is 0 Å². The van der Waals surface area contributed by atoms with Gasteiger partial charge in [-0.25, -0.2) is 22.0 Å². The van der Waals surface area contributed by atoms with Gasteiger partial charge in [-0.15, -0.1) is 0 Å². The van der Waals surface area contributed by atoms with E-state index in [0.29, 0.717) is 0 Å². The highest BCUT2D eigenvalue weighted by Gasteiger charge is 2.21. The van der Waals surface area contributed by atoms with Crippen LogP contribution in [-0.4, -0.2) is 0 Å². The van der Waals surface area contributed by atoms with E-state index in [4.69, 9.17) is 0 Å². The Kier molecular flexibility index (Phi) is 3.92. The Balaban J connectivity index is 2.38. The van der Waals surface area contributed by atoms with Crippen molar-refractivity contribution in [3.05, 3.63) is 65.0 Å². The predicted molar refractivity (Wildman–Crippen MR) is 64.7 cm³/mol. The summed E-state index contributed by atoms with van der Waals surface area (Å²) in [6, 6.07) is 4.81. The Bertz CT molecular complexity index is 615. The van der Waals surface area contributed by atoms with Gasteiger partial charge in [0.05, 0.1) is 6.04 Å². The fourth-order valence-electron chi connectivity index (χ4n) is 1.82. The Morgan fingerprint density at radius 3 is 1.95 bits per heavy atom. The summed E-state index contributed by atoms with van der Waals surface area (Å²) in [5, 5.41) is 2.25. The topological polar surface area (TPSA) is 12.0 Å². The monoisotopic (exact) mass is 287 g/mol. The molecule has 20 heavy (non-hydrogen) atoms. The van der Waals surface area contributed by atoms with Crippen molar-refractivity contribution in [1.29, 1.82) is 0 Å². The number of halogens is 5. The van der Waals surface area contributed by atoms with E-state index in [2.05, 4.69) is 5.32 Å². The van der Waals surface area contributed by atoms with Gasteiger partial charge in [-0.3, -0.25) is 0 Å². The third kappa shape index (κ3) is 2.59. The second-order valence-corrected chi connectivity index (χ2v) is 4.23. The molecule has 0 aliphatic heterocycles. The van der Waals surface area contributed by atoms with Crippen molar-refractivity contribution in [2.45, 2.75) is 13.0 Å². The van der Waals surface area contributed by atoms with Gasteiger partial charge >= 0.3 is 0 Å². The van der Waals surface area contributed by atoms with E-state index in [9.17, 15) is 22.0 Å². The molecule has 0 saturated heterocycles. The van der Waals surface area contributed by atoms with E-state index in [0.717, 1.165) is 0 Å². The van der Waals surface area contributed by atoms with Gasteiger partial charge in [0.2, 0.25) is 0 Å². The lowest BCUT2D eigenvalue weighted by Gasteiger charge is -2.17. The normalized spacial score (nSPS) is 12.3. The van der Waals surface area contributed by atoms with E-state index in [1.165, 1.54) is 31.2 Å². The number of rotatable bonds is 3. The lowest BCUT2D eigenvalue weighted by Crippen LogP contribution is -2.13. The molecule has 0 fully saturated rings. The molecular formula is C14H10F5N. The van der Waals surface area contributed by atoms with Crippen LogP contribution in [0.2, 0.25) is 0 Å². The van der Waals surface area contributed by atoms with Crippen LogP contribution in [0.5, 0.6) is 0 Å². The number of nitrogens with one attached hydrogen (secondary N) is 1. The fourth-order valence-corrected chi connectivity index (χ4v) is 1.82. The van der Waals surface area contributed by atoms with Crippen LogP contribution in [0.15, 0.2) is 30.3 Å². The average molecular weight is 287 g/mol. The summed E-state index contributed by atoms with van der Waals surface area (Å²) in [7, 11) is 0. The zero-order chi connectivity index (χ0) is 14.9. The maximum atomic E-state index is 13.5. The second kappa shape index (κ2) is 5.48. The molecule has 2 aromatic carbocycles. The quantitative estimate of drug-likeness (QED) is 0.645. The van der Waals surface area contributed by atoms with E-state index in [1.807, 2.05) is 0 Å². The van der Waals surface area contributed by atoms with Gasteiger partial charge in [0.25, 0.3) is 0 Å². The minimum Gasteiger partial charge on any atom is -0.373 e. The third-order valence-corrected chi connectivity index (χ3v) is 2.84. The highest BCUT2D eigenvalue weighted by molar-refractivity contribution is 5.49. The number of benzene rings is 2. The Hall–Kier alpha value is -2.11. The van der Waals surface area contributed by atoms with E-state index in [-0.39, 0.29) is 11.6 Å². The van der Waals surface area contributed by atoms with E-state index in [1.54, 1.807) is 0 Å². The van der Waals surface area contributed by atoms with Crippen molar-refractivity contribution in [3.63, 3.8) is 0 Å². The molecule has 1 nitrogen and oxygen atoms in total. The maximum absolute atomic E-state index is 13.5. The first-order chi connectivity index (χ1) is 9.41. The number of anilines is 1. The lowest BCUT2D eigenvalue weighted by atomic mass is 10.1. The molecule has 0 amide bonds. The van der Waals surface area contributed by atoms with Crippen LogP contribution < -0.4 is 5.32 Å². The Labute approximate surface area is 112 Å². The van der Waals surface area contributed by atoms with E-state index < -0.39 is 40.8 Å². The van der Waals surface area contributed by atoms with Crippen LogP contribution in [-0.2, 0) is 0 Å². The summed E-state index contributed by atoms with van der Waals surface area (Å²) in [6.45, 7) is 1.42. The second-order valence-electron chi connectivity index (χ2n) is 4.23. The van der Waals surface area contributed by atoms with Gasteiger partial charge in [-0.05, 0) is 13.0 Å². The predicted octanol–water partition coefficient (Wildman–Crippen LogP) is 4.56. The molecule has 6 heteroatoms. The molecule has 0 heterocycles. The first-order valence-corrected chi connectivity index (χ1v) is 5.75. The van der Waals surface area contributed by atoms with Crippen molar-refractivity contribution < 1.29 is 22.0 Å². The zero-order valence-corrected chi connectivity index (χ0v) is 10.4. The first kappa shape index (κ1) is 14.3. The third-order valence-electron chi connectivity index (χ3n) is 2.84. The SMILES string of the molecule is CC(Nc1c(F)c(F)cc(F)c1F)c1ccccc1F. The molecule has 1 N–H and O–H groups in total. The van der Waals surface area contributed by atoms with Crippen molar-refractivity contribution in [3.8, 4) is 0 Å². The molecule has 0 aliphatic rings. The summed E-state index contributed by atoms with van der Waals surface area (Å²) in [4.78, 5) is 0. The molecule has 2 aromatic rings. The number of hydrogen-bond donors (Lipinski definition) is 1. The largest absolute Gasteiger partial charge is 0.373 e. The lowest BCUT2D eigenvalue weighted by molar-refractivity contribution is 0.456. The first-order valence-electron chi connectivity index (χ1n) is 5.75. The molecule has 0 aromatic heterocycles. The van der Waals surface area contributed by atoms with Gasteiger partial charge < -0.3 is 5.32 Å². The van der Waals surface area contributed by atoms with E-state index >= 15 is 0 Å². The number of hydrogen-bond acceptors (Lipinski definition) is 1. The van der Waals surface area contributed by atoms with Crippen molar-refractivity contribution >= 4 is 5.69 Å². The minimum absolute atomic E-state index is 0.115. The minimum atomic E-state index is -1.55. The molecule has 1 atom stereocenters. The van der Waals surface area contributed by atoms with Crippen LogP contribution in [0.3, 0.4) is 0 Å². The van der Waals surface area contributed by atoms with Crippen LogP contribution in [0.4, 0.5) is 27.6 Å². The highest BCUT2D eigenvalue weighted by Crippen LogP contribution is 2.28. The van der Waals surface area contributed by atoms with Crippen molar-refractivity contribution in [2.24, 2.45) is 0 Å². The Morgan fingerprint density at radius 2 is 1.40 bits per heavy atom. The van der Waals surface area contributed by atoms with Gasteiger partial charge in [0, 0.05) is 11.6 Å². The fraction of sp³-hybridized carbons (Fsp3) is 0.143. The van der Waals surface area contributed by atoms with Crippen LogP contribution in [0.1, 0.15) is 18.5 Å². The van der Waals surface area contributed by atoms with Gasteiger partial charge in [-0.2, -0.15) is 0 Å². The van der Waals surface area contributed by atoms with Gasteiger partial charge in [-0.1, -0.05) is 18.2 Å². The van der Waals surface area contributed by atoms with Crippen molar-refractivity contribution in [1.82, 2.24) is 0 Å². The van der Waals surface area contributed by atoms with Gasteiger partial charge in [0.1, 0.15) is 11.5 Å². The molecular weight excluding hydrogens is 277 g/mol. The molecule has 2 rings (SSSR count). The standard InChI is InChI=1S/C14H10F5N/c1-7(8-4-2-3-5-9(8)15)20-14-12(18)10(16)6-11(17)13(14)19/h2-7,20H,1H3. The molecule has 1 unspecified atom stereocenters. The van der Waals surface area contributed by atoms with Crippen LogP contribution in [0, 0.1) is 29.1 Å². The molecule has 0 bridgehead atoms. The smallest absolute Gasteiger partial charge is 0.185 e. The molecule has 0 aliphatic carbocycles. The maximum Gasteiger partial charge on any atom is 0.185 e.